The van der Waals surface area contributed by atoms with Gasteiger partial charge in [0, 0.05) is 36.1 Å². The largest absolute Gasteiger partial charge is 0.465 e. The monoisotopic (exact) mass is 454 g/mol. The molecule has 0 spiro atoms. The Balaban J connectivity index is 0.00000289. The number of benzene rings is 1. The Morgan fingerprint density at radius 1 is 1.09 bits per heavy atom. The van der Waals surface area contributed by atoms with E-state index in [9.17, 15) is 9.59 Å². The number of halogens is 1. The Kier molecular flexibility index (Phi) is 7.30. The molecule has 168 valence electrons. The van der Waals surface area contributed by atoms with Crippen LogP contribution < -0.4 is 5.32 Å². The maximum atomic E-state index is 13.4. The summed E-state index contributed by atoms with van der Waals surface area (Å²) in [5.74, 6) is 0.211. The Hall–Kier alpha value is -3.19. The standard InChI is InChI=1S/C24H26N4O3.ClH/c1-15-10-12-28(13-11-15)23(29)20-14-25-22-19(9-4-16(2)26-22)21(20)27-18-7-5-17(6-8-18)24(30)31-3;/h4-9,14-15H,10-13H2,1-3H3,(H,25,26,27);1H. The van der Waals surface area contributed by atoms with Crippen LogP contribution in [0.15, 0.2) is 42.6 Å². The predicted molar refractivity (Wildman–Crippen MR) is 127 cm³/mol. The van der Waals surface area contributed by atoms with Crippen molar-refractivity contribution in [2.45, 2.75) is 26.7 Å². The van der Waals surface area contributed by atoms with Crippen molar-refractivity contribution in [2.24, 2.45) is 5.92 Å². The Labute approximate surface area is 193 Å². The number of amides is 1. The number of ether oxygens (including phenoxy) is 1. The van der Waals surface area contributed by atoms with Crippen LogP contribution in [0.5, 0.6) is 0 Å². The smallest absolute Gasteiger partial charge is 0.337 e. The maximum absolute atomic E-state index is 13.4. The van der Waals surface area contributed by atoms with Crippen LogP contribution in [0.3, 0.4) is 0 Å². The Bertz CT molecular complexity index is 1130. The number of aromatic nitrogens is 2. The van der Waals surface area contributed by atoms with Crippen LogP contribution in [0.25, 0.3) is 11.0 Å². The predicted octanol–water partition coefficient (Wildman–Crippen LogP) is 4.76. The van der Waals surface area contributed by atoms with Crippen molar-refractivity contribution in [3.63, 3.8) is 0 Å². The molecule has 1 saturated heterocycles. The fourth-order valence-electron chi connectivity index (χ4n) is 3.80. The van der Waals surface area contributed by atoms with E-state index in [4.69, 9.17) is 4.74 Å². The van der Waals surface area contributed by atoms with E-state index in [0.29, 0.717) is 28.4 Å². The van der Waals surface area contributed by atoms with Crippen molar-refractivity contribution >= 4 is 46.7 Å². The molecule has 3 heterocycles. The van der Waals surface area contributed by atoms with Gasteiger partial charge in [-0.05, 0) is 62.1 Å². The van der Waals surface area contributed by atoms with E-state index in [0.717, 1.165) is 42.7 Å². The van der Waals surface area contributed by atoms with Gasteiger partial charge >= 0.3 is 5.97 Å². The van der Waals surface area contributed by atoms with Gasteiger partial charge in [0.25, 0.3) is 5.91 Å². The average Bonchev–Trinajstić information content (AvgIpc) is 2.79. The van der Waals surface area contributed by atoms with Gasteiger partial charge in [0.1, 0.15) is 0 Å². The van der Waals surface area contributed by atoms with Crippen LogP contribution in [0, 0.1) is 12.8 Å². The van der Waals surface area contributed by atoms with E-state index in [1.807, 2.05) is 24.0 Å². The summed E-state index contributed by atoms with van der Waals surface area (Å²) in [6.45, 7) is 5.63. The highest BCUT2D eigenvalue weighted by molar-refractivity contribution is 6.07. The lowest BCUT2D eigenvalue weighted by Crippen LogP contribution is -2.38. The lowest BCUT2D eigenvalue weighted by Gasteiger charge is -2.31. The van der Waals surface area contributed by atoms with E-state index >= 15 is 0 Å². The minimum absolute atomic E-state index is 0. The van der Waals surface area contributed by atoms with E-state index in [2.05, 4.69) is 22.2 Å². The van der Waals surface area contributed by atoms with Crippen molar-refractivity contribution in [1.29, 1.82) is 0 Å². The number of nitrogens with one attached hydrogen (secondary N) is 1. The Morgan fingerprint density at radius 3 is 2.44 bits per heavy atom. The highest BCUT2D eigenvalue weighted by Crippen LogP contribution is 2.30. The number of hydrogen-bond donors (Lipinski definition) is 1. The quantitative estimate of drug-likeness (QED) is 0.572. The van der Waals surface area contributed by atoms with E-state index in [-0.39, 0.29) is 18.3 Å². The first-order chi connectivity index (χ1) is 15.0. The highest BCUT2D eigenvalue weighted by atomic mass is 35.5. The van der Waals surface area contributed by atoms with Crippen LogP contribution >= 0.6 is 12.4 Å². The first-order valence-corrected chi connectivity index (χ1v) is 10.5. The van der Waals surface area contributed by atoms with Crippen molar-refractivity contribution < 1.29 is 14.3 Å². The van der Waals surface area contributed by atoms with Gasteiger partial charge in [-0.2, -0.15) is 0 Å². The van der Waals surface area contributed by atoms with Gasteiger partial charge in [-0.15, -0.1) is 12.4 Å². The fourth-order valence-corrected chi connectivity index (χ4v) is 3.80. The number of rotatable bonds is 4. The van der Waals surface area contributed by atoms with Crippen LogP contribution in [0.2, 0.25) is 0 Å². The topological polar surface area (TPSA) is 84.4 Å². The molecular weight excluding hydrogens is 428 g/mol. The fraction of sp³-hybridized carbons (Fsp3) is 0.333. The summed E-state index contributed by atoms with van der Waals surface area (Å²) in [5, 5.41) is 4.15. The Morgan fingerprint density at radius 2 is 1.78 bits per heavy atom. The number of nitrogens with zero attached hydrogens (tertiary/aromatic N) is 3. The van der Waals surface area contributed by atoms with E-state index < -0.39 is 5.97 Å². The second-order valence-corrected chi connectivity index (χ2v) is 8.04. The molecule has 3 aromatic rings. The molecule has 1 N–H and O–H groups in total. The second kappa shape index (κ2) is 9.96. The van der Waals surface area contributed by atoms with Crippen LogP contribution in [0.4, 0.5) is 11.4 Å². The van der Waals surface area contributed by atoms with Gasteiger partial charge in [0.15, 0.2) is 5.65 Å². The van der Waals surface area contributed by atoms with Crippen molar-refractivity contribution in [1.82, 2.24) is 14.9 Å². The summed E-state index contributed by atoms with van der Waals surface area (Å²) in [7, 11) is 1.35. The molecule has 8 heteroatoms. The van der Waals surface area contributed by atoms with Crippen LogP contribution in [-0.2, 0) is 4.74 Å². The summed E-state index contributed by atoms with van der Waals surface area (Å²) in [6.07, 6.45) is 3.62. The van der Waals surface area contributed by atoms with Gasteiger partial charge in [-0.1, -0.05) is 6.92 Å². The number of pyridine rings is 2. The molecule has 32 heavy (non-hydrogen) atoms. The van der Waals surface area contributed by atoms with E-state index in [1.54, 1.807) is 30.5 Å². The average molecular weight is 455 g/mol. The molecule has 7 nitrogen and oxygen atoms in total. The number of piperidine rings is 1. The molecule has 0 radical (unpaired) electrons. The third-order valence-corrected chi connectivity index (χ3v) is 5.75. The number of esters is 1. The summed E-state index contributed by atoms with van der Waals surface area (Å²) < 4.78 is 4.76. The number of likely N-dealkylation sites (tertiary alicyclic amines) is 1. The van der Waals surface area contributed by atoms with Gasteiger partial charge in [0.2, 0.25) is 0 Å². The molecule has 4 rings (SSSR count). The zero-order valence-electron chi connectivity index (χ0n) is 18.4. The van der Waals surface area contributed by atoms with E-state index in [1.165, 1.54) is 7.11 Å². The molecule has 1 aliphatic heterocycles. The molecule has 1 amide bonds. The first-order valence-electron chi connectivity index (χ1n) is 10.5. The summed E-state index contributed by atoms with van der Waals surface area (Å²) in [5.41, 5.74) is 3.84. The number of hydrogen-bond acceptors (Lipinski definition) is 6. The molecule has 0 bridgehead atoms. The van der Waals surface area contributed by atoms with Gasteiger partial charge in [-0.3, -0.25) is 4.79 Å². The SMILES string of the molecule is COC(=O)c1ccc(Nc2c(C(=O)N3CCC(C)CC3)cnc3nc(C)ccc23)cc1.Cl. The lowest BCUT2D eigenvalue weighted by molar-refractivity contribution is 0.0600. The van der Waals surface area contributed by atoms with Crippen LogP contribution in [-0.4, -0.2) is 46.9 Å². The van der Waals surface area contributed by atoms with Gasteiger partial charge in [-0.25, -0.2) is 14.8 Å². The number of carbonyl (C=O) groups excluding carboxylic acids is 2. The van der Waals surface area contributed by atoms with Gasteiger partial charge < -0.3 is 15.0 Å². The minimum Gasteiger partial charge on any atom is -0.465 e. The van der Waals surface area contributed by atoms with Crippen LogP contribution in [0.1, 0.15) is 46.2 Å². The normalized spacial score (nSPS) is 14.0. The van der Waals surface area contributed by atoms with Crippen molar-refractivity contribution in [3.05, 3.63) is 59.4 Å². The molecule has 1 aliphatic rings. The first kappa shape index (κ1) is 23.5. The summed E-state index contributed by atoms with van der Waals surface area (Å²) in [4.78, 5) is 36.0. The number of carbonyl (C=O) groups is 2. The molecule has 2 aromatic heterocycles. The van der Waals surface area contributed by atoms with Crippen molar-refractivity contribution in [3.8, 4) is 0 Å². The molecule has 0 aliphatic carbocycles. The number of anilines is 2. The second-order valence-electron chi connectivity index (χ2n) is 8.04. The molecule has 0 atom stereocenters. The third kappa shape index (κ3) is 4.83. The lowest BCUT2D eigenvalue weighted by atomic mass is 9.98. The summed E-state index contributed by atoms with van der Waals surface area (Å²) in [6, 6.07) is 10.8. The molecular formula is C24H27ClN4O3. The maximum Gasteiger partial charge on any atom is 0.337 e. The van der Waals surface area contributed by atoms with Crippen molar-refractivity contribution in [2.75, 3.05) is 25.5 Å². The zero-order chi connectivity index (χ0) is 22.0. The number of methoxy groups -OCH3 is 1. The highest BCUT2D eigenvalue weighted by Gasteiger charge is 2.25. The minimum atomic E-state index is -0.393. The summed E-state index contributed by atoms with van der Waals surface area (Å²) >= 11 is 0. The third-order valence-electron chi connectivity index (χ3n) is 5.75. The molecule has 1 aromatic carbocycles. The van der Waals surface area contributed by atoms with Gasteiger partial charge in [0.05, 0.1) is 23.9 Å². The molecule has 0 saturated carbocycles. The number of fused-ring (bicyclic) bond motifs is 1. The zero-order valence-corrected chi connectivity index (χ0v) is 19.2. The number of aryl methyl sites for hydroxylation is 1. The molecule has 0 unspecified atom stereocenters. The molecule has 1 fully saturated rings.